The standard InChI is InChI=1S/C32H38N4O4S/c1-21-5-12-29(41-21)40-31(38)36(24-10-11-28(33-17-24)34-13-15-39-16-14-34)20-27-25-18-35(19-26(25)27)30(37)22-6-8-23(9-7-22)32(2,3)4/h5-12,17,25-27H,13-16,18-20H2,1-4H3. The van der Waals surface area contributed by atoms with E-state index < -0.39 is 6.09 Å². The van der Waals surface area contributed by atoms with Crippen molar-refractivity contribution in [3.8, 4) is 5.06 Å². The number of fused-ring (bicyclic) bond motifs is 1. The molecular weight excluding hydrogens is 536 g/mol. The van der Waals surface area contributed by atoms with Crippen LogP contribution in [-0.4, -0.2) is 67.8 Å². The molecular formula is C32H38N4O4S. The van der Waals surface area contributed by atoms with Crippen molar-refractivity contribution >= 4 is 34.8 Å². The molecule has 3 aromatic rings. The third-order valence-corrected chi connectivity index (χ3v) is 9.43. The van der Waals surface area contributed by atoms with Crippen LogP contribution in [-0.2, 0) is 10.2 Å². The van der Waals surface area contributed by atoms with Crippen LogP contribution in [0.4, 0.5) is 16.3 Å². The second-order valence-corrected chi connectivity index (χ2v) is 13.6. The lowest BCUT2D eigenvalue weighted by Crippen LogP contribution is -2.38. The first-order valence-electron chi connectivity index (χ1n) is 14.4. The van der Waals surface area contributed by atoms with Crippen LogP contribution < -0.4 is 14.5 Å². The highest BCUT2D eigenvalue weighted by atomic mass is 32.1. The molecule has 0 N–H and O–H groups in total. The number of carbonyl (C=O) groups is 2. The van der Waals surface area contributed by atoms with E-state index in [1.165, 1.54) is 16.9 Å². The van der Waals surface area contributed by atoms with Gasteiger partial charge in [-0.05, 0) is 72.1 Å². The van der Waals surface area contributed by atoms with Gasteiger partial charge in [0.2, 0.25) is 0 Å². The number of morpholine rings is 1. The Bertz CT molecular complexity index is 1380. The zero-order valence-corrected chi connectivity index (χ0v) is 25.0. The molecule has 2 amide bonds. The topological polar surface area (TPSA) is 75.2 Å². The number of ether oxygens (including phenoxy) is 2. The maximum absolute atomic E-state index is 13.4. The second-order valence-electron chi connectivity index (χ2n) is 12.3. The molecule has 6 rings (SSSR count). The largest absolute Gasteiger partial charge is 0.420 e. The molecule has 1 saturated carbocycles. The molecule has 9 heteroatoms. The summed E-state index contributed by atoms with van der Waals surface area (Å²) < 4.78 is 11.2. The Labute approximate surface area is 245 Å². The highest BCUT2D eigenvalue weighted by Gasteiger charge is 2.57. The van der Waals surface area contributed by atoms with Crippen LogP contribution in [0.15, 0.2) is 54.7 Å². The molecule has 216 valence electrons. The summed E-state index contributed by atoms with van der Waals surface area (Å²) in [4.78, 5) is 38.3. The fourth-order valence-corrected chi connectivity index (χ4v) is 6.71. The first-order chi connectivity index (χ1) is 19.7. The predicted molar refractivity (Wildman–Crippen MR) is 161 cm³/mol. The lowest BCUT2D eigenvalue weighted by Gasteiger charge is -2.28. The number of piperidine rings is 1. The Balaban J connectivity index is 1.12. The maximum atomic E-state index is 13.4. The molecule has 0 bridgehead atoms. The molecule has 2 saturated heterocycles. The smallest absolute Gasteiger partial charge is 0.399 e. The first-order valence-corrected chi connectivity index (χ1v) is 15.2. The van der Waals surface area contributed by atoms with Crippen LogP contribution in [0.1, 0.15) is 41.6 Å². The van der Waals surface area contributed by atoms with E-state index in [9.17, 15) is 9.59 Å². The van der Waals surface area contributed by atoms with E-state index in [0.29, 0.717) is 42.6 Å². The summed E-state index contributed by atoms with van der Waals surface area (Å²) in [7, 11) is 0. The van der Waals surface area contributed by atoms with Crippen LogP contribution in [0.2, 0.25) is 0 Å². The molecule has 1 aromatic carbocycles. The van der Waals surface area contributed by atoms with E-state index in [2.05, 4.69) is 42.8 Å². The number of thiophene rings is 1. The number of rotatable bonds is 6. The van der Waals surface area contributed by atoms with Crippen molar-refractivity contribution in [1.29, 1.82) is 0 Å². The Morgan fingerprint density at radius 3 is 2.32 bits per heavy atom. The van der Waals surface area contributed by atoms with Gasteiger partial charge in [-0.15, -0.1) is 11.3 Å². The van der Waals surface area contributed by atoms with Gasteiger partial charge in [0, 0.05) is 43.2 Å². The number of likely N-dealkylation sites (tertiary alicyclic amines) is 1. The summed E-state index contributed by atoms with van der Waals surface area (Å²) in [6.07, 6.45) is 1.37. The molecule has 1 aliphatic carbocycles. The van der Waals surface area contributed by atoms with Gasteiger partial charge in [0.15, 0.2) is 5.06 Å². The normalized spacial score (nSPS) is 21.9. The van der Waals surface area contributed by atoms with Crippen molar-refractivity contribution < 1.29 is 19.1 Å². The quantitative estimate of drug-likeness (QED) is 0.381. The van der Waals surface area contributed by atoms with Gasteiger partial charge in [-0.25, -0.2) is 9.78 Å². The lowest BCUT2D eigenvalue weighted by atomic mass is 9.86. The van der Waals surface area contributed by atoms with Gasteiger partial charge in [0.25, 0.3) is 5.91 Å². The van der Waals surface area contributed by atoms with Crippen molar-refractivity contribution in [3.05, 3.63) is 70.7 Å². The van der Waals surface area contributed by atoms with Crippen LogP contribution in [0.5, 0.6) is 5.06 Å². The van der Waals surface area contributed by atoms with E-state index in [1.807, 2.05) is 48.2 Å². The highest BCUT2D eigenvalue weighted by Crippen LogP contribution is 2.52. The zero-order chi connectivity index (χ0) is 28.7. The van der Waals surface area contributed by atoms with Gasteiger partial charge in [-0.3, -0.25) is 9.69 Å². The van der Waals surface area contributed by atoms with E-state index >= 15 is 0 Å². The molecule has 41 heavy (non-hydrogen) atoms. The number of amides is 2. The van der Waals surface area contributed by atoms with Gasteiger partial charge in [0.05, 0.1) is 25.1 Å². The van der Waals surface area contributed by atoms with Gasteiger partial charge >= 0.3 is 6.09 Å². The van der Waals surface area contributed by atoms with Crippen LogP contribution >= 0.6 is 11.3 Å². The van der Waals surface area contributed by atoms with Crippen LogP contribution in [0, 0.1) is 24.7 Å². The number of benzene rings is 1. The molecule has 2 unspecified atom stereocenters. The number of hydrogen-bond donors (Lipinski definition) is 0. The Morgan fingerprint density at radius 1 is 1.02 bits per heavy atom. The number of anilines is 2. The van der Waals surface area contributed by atoms with Gasteiger partial charge in [-0.1, -0.05) is 32.9 Å². The van der Waals surface area contributed by atoms with Gasteiger partial charge in [0.1, 0.15) is 5.82 Å². The lowest BCUT2D eigenvalue weighted by molar-refractivity contribution is 0.0768. The average molecular weight is 575 g/mol. The summed E-state index contributed by atoms with van der Waals surface area (Å²) in [6.45, 7) is 13.5. The summed E-state index contributed by atoms with van der Waals surface area (Å²) in [5, 5.41) is 0.584. The second kappa shape index (κ2) is 11.1. The van der Waals surface area contributed by atoms with Crippen molar-refractivity contribution in [2.75, 3.05) is 55.7 Å². The maximum Gasteiger partial charge on any atom is 0.420 e. The van der Waals surface area contributed by atoms with E-state index in [-0.39, 0.29) is 11.3 Å². The van der Waals surface area contributed by atoms with Crippen molar-refractivity contribution in [2.45, 2.75) is 33.1 Å². The molecule has 2 aromatic heterocycles. The number of aromatic nitrogens is 1. The Hall–Kier alpha value is -3.43. The number of pyridine rings is 1. The van der Waals surface area contributed by atoms with E-state index in [0.717, 1.165) is 48.1 Å². The fourth-order valence-electron chi connectivity index (χ4n) is 6.00. The summed E-state index contributed by atoms with van der Waals surface area (Å²) in [6, 6.07) is 15.7. The van der Waals surface area contributed by atoms with E-state index in [1.54, 1.807) is 11.1 Å². The predicted octanol–water partition coefficient (Wildman–Crippen LogP) is 5.61. The average Bonchev–Trinajstić information content (AvgIpc) is 3.26. The molecule has 2 atom stereocenters. The van der Waals surface area contributed by atoms with Crippen molar-refractivity contribution in [1.82, 2.24) is 9.88 Å². The molecule has 0 spiro atoms. The number of carbonyl (C=O) groups excluding carboxylic acids is 2. The third kappa shape index (κ3) is 5.97. The molecule has 3 aliphatic rings. The number of nitrogens with zero attached hydrogens (tertiary/aromatic N) is 4. The minimum Gasteiger partial charge on any atom is -0.399 e. The third-order valence-electron chi connectivity index (χ3n) is 8.55. The zero-order valence-electron chi connectivity index (χ0n) is 24.2. The molecule has 4 heterocycles. The Morgan fingerprint density at radius 2 is 1.73 bits per heavy atom. The molecule has 8 nitrogen and oxygen atoms in total. The molecule has 0 radical (unpaired) electrons. The minimum absolute atomic E-state index is 0.0533. The minimum atomic E-state index is -0.399. The fraction of sp³-hybridized carbons (Fsp3) is 0.469. The van der Waals surface area contributed by atoms with Gasteiger partial charge in [-0.2, -0.15) is 0 Å². The SMILES string of the molecule is Cc1ccc(OC(=O)N(CC2C3CN(C(=O)c4ccc(C(C)(C)C)cc4)CC32)c2ccc(N3CCOCC3)nc2)s1. The van der Waals surface area contributed by atoms with Crippen molar-refractivity contribution in [2.24, 2.45) is 17.8 Å². The molecule has 3 fully saturated rings. The summed E-state index contributed by atoms with van der Waals surface area (Å²) in [5.41, 5.74) is 2.73. The van der Waals surface area contributed by atoms with Crippen molar-refractivity contribution in [3.63, 3.8) is 0 Å². The first kappa shape index (κ1) is 27.7. The van der Waals surface area contributed by atoms with Gasteiger partial charge < -0.3 is 19.3 Å². The number of hydrogen-bond acceptors (Lipinski definition) is 7. The monoisotopic (exact) mass is 574 g/mol. The summed E-state index contributed by atoms with van der Waals surface area (Å²) >= 11 is 1.46. The molecule has 2 aliphatic heterocycles. The van der Waals surface area contributed by atoms with Crippen LogP contribution in [0.25, 0.3) is 0 Å². The summed E-state index contributed by atoms with van der Waals surface area (Å²) in [5.74, 6) is 2.05. The Kier molecular flexibility index (Phi) is 7.50. The van der Waals surface area contributed by atoms with E-state index in [4.69, 9.17) is 9.47 Å². The number of aryl methyl sites for hydroxylation is 1. The van der Waals surface area contributed by atoms with Crippen LogP contribution in [0.3, 0.4) is 0 Å². The highest BCUT2D eigenvalue weighted by molar-refractivity contribution is 7.13.